The van der Waals surface area contributed by atoms with E-state index in [1.54, 1.807) is 6.26 Å². The van der Waals surface area contributed by atoms with Crippen molar-refractivity contribution in [3.63, 3.8) is 0 Å². The number of nitrogens with zero attached hydrogens (tertiary/aromatic N) is 3. The highest BCUT2D eigenvalue weighted by Crippen LogP contribution is 2.17. The summed E-state index contributed by atoms with van der Waals surface area (Å²) in [5.74, 6) is 0.823. The second kappa shape index (κ2) is 20.9. The highest BCUT2D eigenvalue weighted by molar-refractivity contribution is 5.84. The molecular formula is C33H57N3O5. The molecule has 2 aliphatic rings. The van der Waals surface area contributed by atoms with E-state index in [1.807, 2.05) is 21.9 Å². The first-order valence-electron chi connectivity index (χ1n) is 16.7. The lowest BCUT2D eigenvalue weighted by molar-refractivity contribution is -0.142. The van der Waals surface area contributed by atoms with Crippen LogP contribution in [0.1, 0.15) is 109 Å². The van der Waals surface area contributed by atoms with Gasteiger partial charge in [0.05, 0.1) is 38.7 Å². The van der Waals surface area contributed by atoms with Gasteiger partial charge in [0.2, 0.25) is 11.8 Å². The zero-order valence-electron chi connectivity index (χ0n) is 25.9. The zero-order valence-corrected chi connectivity index (χ0v) is 25.9. The summed E-state index contributed by atoms with van der Waals surface area (Å²) >= 11 is 0. The van der Waals surface area contributed by atoms with Crippen LogP contribution in [0.15, 0.2) is 22.8 Å². The van der Waals surface area contributed by atoms with Gasteiger partial charge in [-0.2, -0.15) is 0 Å². The molecule has 0 aromatic carbocycles. The van der Waals surface area contributed by atoms with E-state index in [-0.39, 0.29) is 24.5 Å². The Morgan fingerprint density at radius 3 is 2.22 bits per heavy atom. The first-order valence-corrected chi connectivity index (χ1v) is 16.7. The SMILES string of the molecule is CCCCCCCCCCCCCC(=O)N(CCCN1CCOCC1)CC(=O)N(Cc1ccco1)CC1CCCO1. The van der Waals surface area contributed by atoms with Crippen molar-refractivity contribution in [3.05, 3.63) is 24.2 Å². The van der Waals surface area contributed by atoms with Crippen molar-refractivity contribution in [3.8, 4) is 0 Å². The van der Waals surface area contributed by atoms with Gasteiger partial charge in [-0.1, -0.05) is 71.1 Å². The molecule has 0 saturated carbocycles. The van der Waals surface area contributed by atoms with Crippen LogP contribution in [0.2, 0.25) is 0 Å². The first kappa shape index (κ1) is 33.6. The Morgan fingerprint density at radius 1 is 0.878 bits per heavy atom. The van der Waals surface area contributed by atoms with Crippen molar-refractivity contribution >= 4 is 11.8 Å². The second-order valence-corrected chi connectivity index (χ2v) is 11.9. The molecule has 1 aromatic rings. The zero-order chi connectivity index (χ0) is 29.0. The molecule has 1 atom stereocenters. The molecule has 1 aromatic heterocycles. The van der Waals surface area contributed by atoms with E-state index in [1.165, 1.54) is 57.8 Å². The number of ether oxygens (including phenoxy) is 2. The van der Waals surface area contributed by atoms with Gasteiger partial charge in [-0.15, -0.1) is 0 Å². The van der Waals surface area contributed by atoms with Gasteiger partial charge < -0.3 is 23.7 Å². The van der Waals surface area contributed by atoms with Gasteiger partial charge in [-0.05, 0) is 37.8 Å². The third kappa shape index (κ3) is 14.2. The van der Waals surface area contributed by atoms with Gasteiger partial charge in [0.15, 0.2) is 0 Å². The molecule has 2 saturated heterocycles. The van der Waals surface area contributed by atoms with Crippen LogP contribution in [0.4, 0.5) is 0 Å². The minimum atomic E-state index is -0.0319. The van der Waals surface area contributed by atoms with Crippen molar-refractivity contribution in [1.82, 2.24) is 14.7 Å². The van der Waals surface area contributed by atoms with E-state index < -0.39 is 0 Å². The van der Waals surface area contributed by atoms with Crippen LogP contribution in [-0.2, 0) is 25.6 Å². The van der Waals surface area contributed by atoms with Gasteiger partial charge >= 0.3 is 0 Å². The molecule has 1 unspecified atom stereocenters. The Balaban J connectivity index is 1.45. The Bertz CT molecular complexity index is 806. The highest BCUT2D eigenvalue weighted by atomic mass is 16.5. The standard InChI is InChI=1S/C33H57N3O5/c1-2-3-4-5-6-7-8-9-10-11-12-18-32(37)35(20-15-19-34-21-25-39-26-22-34)29-33(38)36(27-30-16-13-23-40-30)28-31-17-14-24-41-31/h13,16,23,31H,2-12,14-15,17-22,24-29H2,1H3. The maximum absolute atomic E-state index is 13.6. The fraction of sp³-hybridized carbons (Fsp3) is 0.818. The maximum Gasteiger partial charge on any atom is 0.242 e. The van der Waals surface area contributed by atoms with Gasteiger partial charge in [0.1, 0.15) is 5.76 Å². The molecule has 0 N–H and O–H groups in total. The largest absolute Gasteiger partial charge is 0.467 e. The van der Waals surface area contributed by atoms with Gasteiger partial charge in [-0.3, -0.25) is 14.5 Å². The molecule has 0 spiro atoms. The number of carbonyl (C=O) groups is 2. The van der Waals surface area contributed by atoms with Crippen molar-refractivity contribution in [1.29, 1.82) is 0 Å². The number of amides is 2. The summed E-state index contributed by atoms with van der Waals surface area (Å²) in [5.41, 5.74) is 0. The lowest BCUT2D eigenvalue weighted by Crippen LogP contribution is -2.46. The number of morpholine rings is 1. The number of unbranched alkanes of at least 4 members (excludes halogenated alkanes) is 10. The van der Waals surface area contributed by atoms with Gasteiger partial charge in [-0.25, -0.2) is 0 Å². The molecule has 0 aliphatic carbocycles. The molecule has 2 aliphatic heterocycles. The minimum absolute atomic E-state index is 0.0319. The molecule has 3 heterocycles. The second-order valence-electron chi connectivity index (χ2n) is 11.9. The lowest BCUT2D eigenvalue weighted by atomic mass is 10.1. The summed E-state index contributed by atoms with van der Waals surface area (Å²) in [4.78, 5) is 33.0. The van der Waals surface area contributed by atoms with Crippen LogP contribution in [0, 0.1) is 0 Å². The summed E-state index contributed by atoms with van der Waals surface area (Å²) in [6.45, 7) is 9.00. The van der Waals surface area contributed by atoms with E-state index in [9.17, 15) is 9.59 Å². The molecule has 0 radical (unpaired) electrons. The molecule has 2 amide bonds. The summed E-state index contributed by atoms with van der Waals surface area (Å²) in [7, 11) is 0. The van der Waals surface area contributed by atoms with Gasteiger partial charge in [0, 0.05) is 45.8 Å². The predicted molar refractivity (Wildman–Crippen MR) is 163 cm³/mol. The van der Waals surface area contributed by atoms with E-state index in [0.29, 0.717) is 26.1 Å². The summed E-state index contributed by atoms with van der Waals surface area (Å²) < 4.78 is 16.9. The Hall–Kier alpha value is -1.90. The number of hydrogen-bond donors (Lipinski definition) is 0. The number of furan rings is 1. The van der Waals surface area contributed by atoms with Crippen LogP contribution in [0.5, 0.6) is 0 Å². The van der Waals surface area contributed by atoms with Crippen LogP contribution in [-0.4, -0.2) is 91.7 Å². The predicted octanol–water partition coefficient (Wildman–Crippen LogP) is 6.04. The Labute approximate surface area is 249 Å². The molecule has 234 valence electrons. The maximum atomic E-state index is 13.6. The molecule has 2 fully saturated rings. The van der Waals surface area contributed by atoms with Crippen LogP contribution in [0.3, 0.4) is 0 Å². The topological polar surface area (TPSA) is 75.5 Å². The van der Waals surface area contributed by atoms with Crippen LogP contribution >= 0.6 is 0 Å². The number of rotatable bonds is 22. The fourth-order valence-electron chi connectivity index (χ4n) is 5.84. The van der Waals surface area contributed by atoms with E-state index >= 15 is 0 Å². The van der Waals surface area contributed by atoms with Crippen molar-refractivity contribution in [2.45, 2.75) is 116 Å². The molecule has 41 heavy (non-hydrogen) atoms. The molecule has 3 rings (SSSR count). The van der Waals surface area contributed by atoms with E-state index in [0.717, 1.165) is 77.3 Å². The first-order chi connectivity index (χ1) is 20.2. The smallest absolute Gasteiger partial charge is 0.242 e. The van der Waals surface area contributed by atoms with Crippen molar-refractivity contribution in [2.24, 2.45) is 0 Å². The fourth-order valence-corrected chi connectivity index (χ4v) is 5.84. The number of carbonyl (C=O) groups excluding carboxylic acids is 2. The summed E-state index contributed by atoms with van der Waals surface area (Å²) in [5, 5.41) is 0. The minimum Gasteiger partial charge on any atom is -0.467 e. The van der Waals surface area contributed by atoms with Crippen LogP contribution < -0.4 is 0 Å². The third-order valence-electron chi connectivity index (χ3n) is 8.41. The molecular weight excluding hydrogens is 518 g/mol. The summed E-state index contributed by atoms with van der Waals surface area (Å²) in [6, 6.07) is 3.74. The van der Waals surface area contributed by atoms with E-state index in [2.05, 4.69) is 11.8 Å². The molecule has 0 bridgehead atoms. The number of hydrogen-bond acceptors (Lipinski definition) is 6. The lowest BCUT2D eigenvalue weighted by Gasteiger charge is -2.30. The van der Waals surface area contributed by atoms with Crippen LogP contribution in [0.25, 0.3) is 0 Å². The summed E-state index contributed by atoms with van der Waals surface area (Å²) in [6.07, 6.45) is 18.9. The van der Waals surface area contributed by atoms with Crippen molar-refractivity contribution in [2.75, 3.05) is 59.1 Å². The Morgan fingerprint density at radius 2 is 1.59 bits per heavy atom. The average Bonchev–Trinajstić information content (AvgIpc) is 3.70. The average molecular weight is 576 g/mol. The van der Waals surface area contributed by atoms with Crippen molar-refractivity contribution < 1.29 is 23.5 Å². The monoisotopic (exact) mass is 575 g/mol. The Kier molecular flexibility index (Phi) is 17.1. The van der Waals surface area contributed by atoms with E-state index in [4.69, 9.17) is 13.9 Å². The highest BCUT2D eigenvalue weighted by Gasteiger charge is 2.26. The van der Waals surface area contributed by atoms with Gasteiger partial charge in [0.25, 0.3) is 0 Å². The third-order valence-corrected chi connectivity index (χ3v) is 8.41. The molecule has 8 nitrogen and oxygen atoms in total. The quantitative estimate of drug-likeness (QED) is 0.157. The normalized spacial score (nSPS) is 17.6. The molecule has 8 heteroatoms.